The van der Waals surface area contributed by atoms with Crippen LogP contribution in [0.3, 0.4) is 0 Å². The number of amides is 2. The molecule has 0 radical (unpaired) electrons. The average molecular weight is 250 g/mol. The Labute approximate surface area is 103 Å². The fourth-order valence-corrected chi connectivity index (χ4v) is 2.44. The zero-order valence-electron chi connectivity index (χ0n) is 9.46. The first-order valence-electron chi connectivity index (χ1n) is 5.50. The van der Waals surface area contributed by atoms with Gasteiger partial charge in [0, 0.05) is 18.2 Å². The molecule has 2 atom stereocenters. The van der Waals surface area contributed by atoms with Gasteiger partial charge in [-0.25, -0.2) is 4.79 Å². The van der Waals surface area contributed by atoms with E-state index in [2.05, 4.69) is 5.23 Å². The highest BCUT2D eigenvalue weighted by molar-refractivity contribution is 6.64. The summed E-state index contributed by atoms with van der Waals surface area (Å²) in [4.78, 5) is 45.7. The van der Waals surface area contributed by atoms with Crippen LogP contribution >= 0.6 is 0 Å². The van der Waals surface area contributed by atoms with E-state index in [9.17, 15) is 24.3 Å². The molecular weight excluding hydrogens is 239 g/mol. The van der Waals surface area contributed by atoms with E-state index in [0.717, 1.165) is 17.1 Å². The molecule has 0 spiro atoms. The second-order valence-corrected chi connectivity index (χ2v) is 4.24. The first-order chi connectivity index (χ1) is 8.54. The number of aliphatic carboxylic acids is 1. The van der Waals surface area contributed by atoms with Crippen molar-refractivity contribution in [1.29, 1.82) is 0 Å². The first-order valence-corrected chi connectivity index (χ1v) is 5.50. The highest BCUT2D eigenvalue weighted by atomic mass is 16.4. The number of carbonyl (C=O) groups is 4. The normalized spacial score (nSPS) is 30.2. The van der Waals surface area contributed by atoms with Crippen molar-refractivity contribution in [2.45, 2.75) is 24.4 Å². The highest BCUT2D eigenvalue weighted by Crippen LogP contribution is 2.40. The number of carboxylic acid groups (broad SMARTS) is 1. The second kappa shape index (κ2) is 4.38. The molecule has 0 aromatic carbocycles. The smallest absolute Gasteiger partial charge is 0.331 e. The molecule has 7 nitrogen and oxygen atoms in total. The van der Waals surface area contributed by atoms with Crippen molar-refractivity contribution in [3.8, 4) is 0 Å². The Hall–Kier alpha value is -1.96. The molecule has 1 heterocycles. The molecule has 8 heteroatoms. The Morgan fingerprint density at radius 3 is 2.50 bits per heavy atom. The Morgan fingerprint density at radius 2 is 2.11 bits per heavy atom. The van der Waals surface area contributed by atoms with Crippen molar-refractivity contribution in [3.05, 3.63) is 12.2 Å². The molecular formula is C10H11BN2O5. The number of nitrogens with one attached hydrogen (secondary N) is 1. The minimum absolute atomic E-state index is 0.0106. The summed E-state index contributed by atoms with van der Waals surface area (Å²) in [5.74, 6) is -2.48. The SMILES string of the molecule is O=CBNC1CCC1(C(=O)O)N1C(=O)C=CC1=O. The molecule has 18 heavy (non-hydrogen) atoms. The van der Waals surface area contributed by atoms with Gasteiger partial charge in [-0.1, -0.05) is 0 Å². The zero-order chi connectivity index (χ0) is 13.3. The van der Waals surface area contributed by atoms with Crippen molar-refractivity contribution in [3.63, 3.8) is 0 Å². The molecule has 2 amide bonds. The van der Waals surface area contributed by atoms with Gasteiger partial charge in [0.1, 0.15) is 0 Å². The van der Waals surface area contributed by atoms with Gasteiger partial charge in [-0.2, -0.15) is 0 Å². The molecule has 1 aliphatic carbocycles. The number of rotatable bonds is 5. The van der Waals surface area contributed by atoms with Crippen LogP contribution in [0.2, 0.25) is 0 Å². The highest BCUT2D eigenvalue weighted by Gasteiger charge is 2.60. The minimum atomic E-state index is -1.57. The number of imide groups is 1. The molecule has 0 aromatic rings. The molecule has 94 valence electrons. The summed E-state index contributed by atoms with van der Waals surface area (Å²) in [5, 5.41) is 12.1. The molecule has 0 aromatic heterocycles. The topological polar surface area (TPSA) is 104 Å². The number of hydrogen-bond donors (Lipinski definition) is 2. The largest absolute Gasteiger partial charge is 0.479 e. The second-order valence-electron chi connectivity index (χ2n) is 4.24. The maximum atomic E-state index is 11.6. The van der Waals surface area contributed by atoms with Gasteiger partial charge in [0.15, 0.2) is 5.54 Å². The predicted molar refractivity (Wildman–Crippen MR) is 61.4 cm³/mol. The van der Waals surface area contributed by atoms with E-state index >= 15 is 0 Å². The lowest BCUT2D eigenvalue weighted by molar-refractivity contribution is -0.171. The summed E-state index contributed by atoms with van der Waals surface area (Å²) < 4.78 is 0. The Balaban J connectivity index is 2.28. The van der Waals surface area contributed by atoms with Gasteiger partial charge in [0.05, 0.1) is 6.19 Å². The van der Waals surface area contributed by atoms with Crippen molar-refractivity contribution in [2.24, 2.45) is 0 Å². The van der Waals surface area contributed by atoms with E-state index in [1.165, 1.54) is 0 Å². The standard InChI is InChI=1S/C10H11BN2O5/c14-5-11-12-6-3-4-10(6,9(17)18)13-7(15)1-2-8(13)16/h1-2,5-6,11-12H,3-4H2,(H,17,18). The minimum Gasteiger partial charge on any atom is -0.479 e. The number of hydrogen-bond acceptors (Lipinski definition) is 5. The van der Waals surface area contributed by atoms with Gasteiger partial charge < -0.3 is 15.1 Å². The molecule has 1 fully saturated rings. The van der Waals surface area contributed by atoms with E-state index < -0.39 is 29.4 Å². The Morgan fingerprint density at radius 1 is 1.50 bits per heavy atom. The van der Waals surface area contributed by atoms with Gasteiger partial charge in [-0.15, -0.1) is 0 Å². The Bertz CT molecular complexity index is 445. The van der Waals surface area contributed by atoms with E-state index in [0.29, 0.717) is 12.6 Å². The van der Waals surface area contributed by atoms with Crippen molar-refractivity contribution in [2.75, 3.05) is 0 Å². The van der Waals surface area contributed by atoms with Crippen LogP contribution in [0.5, 0.6) is 0 Å². The van der Waals surface area contributed by atoms with E-state index in [4.69, 9.17) is 0 Å². The number of carbonyl (C=O) groups excluding carboxylic acids is 3. The lowest BCUT2D eigenvalue weighted by atomic mass is 9.68. The van der Waals surface area contributed by atoms with Gasteiger partial charge in [0.2, 0.25) is 0 Å². The van der Waals surface area contributed by atoms with Crippen molar-refractivity contribution < 1.29 is 24.3 Å². The van der Waals surface area contributed by atoms with E-state index in [-0.39, 0.29) is 13.8 Å². The van der Waals surface area contributed by atoms with Gasteiger partial charge >= 0.3 is 5.97 Å². The predicted octanol–water partition coefficient (Wildman–Crippen LogP) is -1.97. The number of carboxylic acids is 1. The van der Waals surface area contributed by atoms with Crippen LogP contribution in [-0.2, 0) is 19.2 Å². The average Bonchev–Trinajstić information content (AvgIpc) is 2.60. The molecule has 1 saturated carbocycles. The Kier molecular flexibility index (Phi) is 3.04. The summed E-state index contributed by atoms with van der Waals surface area (Å²) in [6, 6.07) is -0.590. The van der Waals surface area contributed by atoms with Crippen molar-refractivity contribution in [1.82, 2.24) is 10.1 Å². The monoisotopic (exact) mass is 250 g/mol. The van der Waals surface area contributed by atoms with E-state index in [1.54, 1.807) is 0 Å². The molecule has 0 saturated heterocycles. The quantitative estimate of drug-likeness (QED) is 0.333. The molecule has 2 rings (SSSR count). The molecule has 0 bridgehead atoms. The third-order valence-electron chi connectivity index (χ3n) is 3.42. The van der Waals surface area contributed by atoms with Crippen LogP contribution in [0.15, 0.2) is 12.2 Å². The van der Waals surface area contributed by atoms with Crippen LogP contribution in [0.1, 0.15) is 12.8 Å². The third kappa shape index (κ3) is 1.57. The maximum Gasteiger partial charge on any atom is 0.331 e. The van der Waals surface area contributed by atoms with Gasteiger partial charge in [0.25, 0.3) is 19.2 Å². The number of nitrogens with zero attached hydrogens (tertiary/aromatic N) is 1. The molecule has 2 N–H and O–H groups in total. The summed E-state index contributed by atoms with van der Waals surface area (Å²) in [5.41, 5.74) is -1.57. The van der Waals surface area contributed by atoms with Gasteiger partial charge in [-0.3, -0.25) is 14.5 Å². The molecule has 2 aliphatic rings. The van der Waals surface area contributed by atoms with Crippen LogP contribution < -0.4 is 5.23 Å². The summed E-state index contributed by atoms with van der Waals surface area (Å²) in [6.07, 6.45) is 3.41. The lowest BCUT2D eigenvalue weighted by Gasteiger charge is -2.50. The lowest BCUT2D eigenvalue weighted by Crippen LogP contribution is -2.73. The maximum absolute atomic E-state index is 11.6. The first kappa shape index (κ1) is 12.5. The summed E-state index contributed by atoms with van der Waals surface area (Å²) in [6.45, 7) is 0. The van der Waals surface area contributed by atoms with Crippen LogP contribution in [-0.4, -0.2) is 53.0 Å². The van der Waals surface area contributed by atoms with Crippen LogP contribution in [0.25, 0.3) is 0 Å². The molecule has 1 aliphatic heterocycles. The third-order valence-corrected chi connectivity index (χ3v) is 3.42. The fourth-order valence-electron chi connectivity index (χ4n) is 2.44. The van der Waals surface area contributed by atoms with E-state index in [1.807, 2.05) is 0 Å². The fraction of sp³-hybridized carbons (Fsp3) is 0.400. The summed E-state index contributed by atoms with van der Waals surface area (Å²) in [7, 11) is -0.0106. The summed E-state index contributed by atoms with van der Waals surface area (Å²) >= 11 is 0. The van der Waals surface area contributed by atoms with Crippen molar-refractivity contribution >= 4 is 31.4 Å². The zero-order valence-corrected chi connectivity index (χ0v) is 9.46. The molecule has 2 unspecified atom stereocenters. The van der Waals surface area contributed by atoms with Crippen LogP contribution in [0.4, 0.5) is 0 Å². The van der Waals surface area contributed by atoms with Crippen LogP contribution in [0, 0.1) is 0 Å². The van der Waals surface area contributed by atoms with Gasteiger partial charge in [-0.05, 0) is 12.8 Å².